The first kappa shape index (κ1) is 11.7. The van der Waals surface area contributed by atoms with Crippen molar-refractivity contribution in [1.82, 2.24) is 20.2 Å². The van der Waals surface area contributed by atoms with Crippen LogP contribution in [0.2, 0.25) is 0 Å². The second kappa shape index (κ2) is 6.19. The lowest BCUT2D eigenvalue weighted by atomic mass is 10.4. The molecule has 0 saturated heterocycles. The number of amides is 1. The summed E-state index contributed by atoms with van der Waals surface area (Å²) in [6, 6.07) is 0. The Morgan fingerprint density at radius 2 is 2.27 bits per heavy atom. The molecule has 15 heavy (non-hydrogen) atoms. The normalized spacial score (nSPS) is 10.6. The first-order chi connectivity index (χ1) is 7.27. The number of imidazole rings is 1. The van der Waals surface area contributed by atoms with Crippen molar-refractivity contribution in [1.29, 1.82) is 0 Å². The molecule has 0 aliphatic carbocycles. The van der Waals surface area contributed by atoms with E-state index in [1.165, 1.54) is 12.5 Å². The number of nitrogens with one attached hydrogen (secondary N) is 2. The van der Waals surface area contributed by atoms with Crippen LogP contribution in [0.25, 0.3) is 0 Å². The molecule has 0 atom stereocenters. The lowest BCUT2D eigenvalue weighted by Crippen LogP contribution is -2.34. The maximum Gasteiger partial charge on any atom is 0.269 e. The van der Waals surface area contributed by atoms with Crippen LogP contribution in [-0.2, 0) is 0 Å². The van der Waals surface area contributed by atoms with Gasteiger partial charge in [-0.1, -0.05) is 13.8 Å². The van der Waals surface area contributed by atoms with Crippen molar-refractivity contribution < 1.29 is 4.79 Å². The molecule has 0 aliphatic heterocycles. The van der Waals surface area contributed by atoms with Gasteiger partial charge in [-0.25, -0.2) is 4.98 Å². The largest absolute Gasteiger partial charge is 0.349 e. The van der Waals surface area contributed by atoms with Gasteiger partial charge < -0.3 is 15.2 Å². The minimum atomic E-state index is -0.0975. The van der Waals surface area contributed by atoms with E-state index < -0.39 is 0 Å². The number of carbonyl (C=O) groups excluding carboxylic acids is 1. The van der Waals surface area contributed by atoms with Gasteiger partial charge in [0.25, 0.3) is 5.91 Å². The molecule has 1 aromatic rings. The molecular weight excluding hydrogens is 192 g/mol. The van der Waals surface area contributed by atoms with Crippen molar-refractivity contribution in [2.75, 3.05) is 26.2 Å². The lowest BCUT2D eigenvalue weighted by Gasteiger charge is -2.17. The van der Waals surface area contributed by atoms with Crippen molar-refractivity contribution in [2.24, 2.45) is 0 Å². The molecule has 2 N–H and O–H groups in total. The number of nitrogens with zero attached hydrogens (tertiary/aromatic N) is 2. The summed E-state index contributed by atoms with van der Waals surface area (Å²) in [7, 11) is 0. The highest BCUT2D eigenvalue weighted by Crippen LogP contribution is 1.90. The van der Waals surface area contributed by atoms with Gasteiger partial charge in [-0.05, 0) is 13.1 Å². The van der Waals surface area contributed by atoms with E-state index in [2.05, 4.69) is 34.0 Å². The van der Waals surface area contributed by atoms with Gasteiger partial charge in [0, 0.05) is 13.1 Å². The van der Waals surface area contributed by atoms with E-state index in [1.807, 2.05) is 0 Å². The minimum absolute atomic E-state index is 0.0975. The van der Waals surface area contributed by atoms with Crippen LogP contribution >= 0.6 is 0 Å². The average molecular weight is 210 g/mol. The van der Waals surface area contributed by atoms with Gasteiger partial charge in [-0.15, -0.1) is 0 Å². The summed E-state index contributed by atoms with van der Waals surface area (Å²) >= 11 is 0. The van der Waals surface area contributed by atoms with Crippen molar-refractivity contribution in [3.05, 3.63) is 18.2 Å². The average Bonchev–Trinajstić information content (AvgIpc) is 2.77. The number of carbonyl (C=O) groups is 1. The fourth-order valence-corrected chi connectivity index (χ4v) is 1.34. The Hall–Kier alpha value is -1.36. The number of H-pyrrole nitrogens is 1. The standard InChI is InChI=1S/C10H18N4O/c1-3-14(4-2)6-5-12-10(15)9-7-11-8-13-9/h7-8H,3-6H2,1-2H3,(H,11,13)(H,12,15). The van der Waals surface area contributed by atoms with E-state index in [9.17, 15) is 4.79 Å². The van der Waals surface area contributed by atoms with Gasteiger partial charge in [0.1, 0.15) is 5.69 Å². The van der Waals surface area contributed by atoms with Gasteiger partial charge in [0.2, 0.25) is 0 Å². The Bertz CT molecular complexity index is 280. The zero-order valence-corrected chi connectivity index (χ0v) is 9.29. The van der Waals surface area contributed by atoms with Gasteiger partial charge >= 0.3 is 0 Å². The first-order valence-corrected chi connectivity index (χ1v) is 5.26. The Morgan fingerprint density at radius 3 is 2.80 bits per heavy atom. The van der Waals surface area contributed by atoms with Crippen LogP contribution in [0.15, 0.2) is 12.5 Å². The molecule has 0 unspecified atom stereocenters. The lowest BCUT2D eigenvalue weighted by molar-refractivity contribution is 0.0944. The molecule has 1 amide bonds. The molecule has 5 nitrogen and oxygen atoms in total. The summed E-state index contributed by atoms with van der Waals surface area (Å²) < 4.78 is 0. The number of aromatic amines is 1. The fraction of sp³-hybridized carbons (Fsp3) is 0.600. The minimum Gasteiger partial charge on any atom is -0.349 e. The van der Waals surface area contributed by atoms with Gasteiger partial charge in [0.15, 0.2) is 0 Å². The van der Waals surface area contributed by atoms with Crippen LogP contribution in [0.4, 0.5) is 0 Å². The summed E-state index contributed by atoms with van der Waals surface area (Å²) in [4.78, 5) is 20.3. The third kappa shape index (κ3) is 3.71. The molecular formula is C10H18N4O. The number of aromatic nitrogens is 2. The second-order valence-corrected chi connectivity index (χ2v) is 3.25. The predicted molar refractivity (Wildman–Crippen MR) is 58.7 cm³/mol. The van der Waals surface area contributed by atoms with Crippen LogP contribution in [0, 0.1) is 0 Å². The van der Waals surface area contributed by atoms with E-state index in [-0.39, 0.29) is 5.91 Å². The van der Waals surface area contributed by atoms with Crippen LogP contribution < -0.4 is 5.32 Å². The highest BCUT2D eigenvalue weighted by atomic mass is 16.1. The van der Waals surface area contributed by atoms with Crippen LogP contribution in [-0.4, -0.2) is 47.0 Å². The van der Waals surface area contributed by atoms with E-state index >= 15 is 0 Å². The molecule has 84 valence electrons. The fourth-order valence-electron chi connectivity index (χ4n) is 1.34. The van der Waals surface area contributed by atoms with Crippen molar-refractivity contribution in [3.8, 4) is 0 Å². The summed E-state index contributed by atoms with van der Waals surface area (Å²) in [5, 5.41) is 2.83. The first-order valence-electron chi connectivity index (χ1n) is 5.26. The molecule has 0 saturated carbocycles. The molecule has 1 heterocycles. The summed E-state index contributed by atoms with van der Waals surface area (Å²) in [5.74, 6) is -0.0975. The van der Waals surface area contributed by atoms with E-state index in [4.69, 9.17) is 0 Å². The predicted octanol–water partition coefficient (Wildman–Crippen LogP) is 0.481. The Morgan fingerprint density at radius 1 is 1.53 bits per heavy atom. The van der Waals surface area contributed by atoms with Gasteiger partial charge in [0.05, 0.1) is 12.5 Å². The van der Waals surface area contributed by atoms with Crippen LogP contribution in [0.3, 0.4) is 0 Å². The SMILES string of the molecule is CCN(CC)CCNC(=O)c1cnc[nH]1. The van der Waals surface area contributed by atoms with Crippen LogP contribution in [0.1, 0.15) is 24.3 Å². The Kier molecular flexibility index (Phi) is 4.83. The molecule has 0 aromatic carbocycles. The molecule has 0 radical (unpaired) electrons. The quantitative estimate of drug-likeness (QED) is 0.718. The molecule has 1 aromatic heterocycles. The Balaban J connectivity index is 2.23. The van der Waals surface area contributed by atoms with Crippen molar-refractivity contribution >= 4 is 5.91 Å². The zero-order valence-electron chi connectivity index (χ0n) is 9.29. The van der Waals surface area contributed by atoms with Crippen LogP contribution in [0.5, 0.6) is 0 Å². The summed E-state index contributed by atoms with van der Waals surface area (Å²) in [6.07, 6.45) is 3.02. The van der Waals surface area contributed by atoms with Crippen molar-refractivity contribution in [2.45, 2.75) is 13.8 Å². The van der Waals surface area contributed by atoms with Gasteiger partial charge in [-0.3, -0.25) is 4.79 Å². The van der Waals surface area contributed by atoms with E-state index in [0.29, 0.717) is 12.2 Å². The molecule has 0 bridgehead atoms. The number of likely N-dealkylation sites (N-methyl/N-ethyl adjacent to an activating group) is 1. The summed E-state index contributed by atoms with van der Waals surface area (Å²) in [5.41, 5.74) is 0.509. The molecule has 0 aliphatic rings. The Labute approximate surface area is 89.9 Å². The van der Waals surface area contributed by atoms with Crippen molar-refractivity contribution in [3.63, 3.8) is 0 Å². The highest BCUT2D eigenvalue weighted by molar-refractivity contribution is 5.91. The van der Waals surface area contributed by atoms with E-state index in [1.54, 1.807) is 0 Å². The molecule has 1 rings (SSSR count). The molecule has 0 fully saturated rings. The molecule has 5 heteroatoms. The number of hydrogen-bond acceptors (Lipinski definition) is 3. The highest BCUT2D eigenvalue weighted by Gasteiger charge is 2.06. The third-order valence-electron chi connectivity index (χ3n) is 2.35. The maximum atomic E-state index is 11.5. The monoisotopic (exact) mass is 210 g/mol. The topological polar surface area (TPSA) is 61.0 Å². The van der Waals surface area contributed by atoms with E-state index in [0.717, 1.165) is 19.6 Å². The smallest absolute Gasteiger partial charge is 0.269 e. The number of hydrogen-bond donors (Lipinski definition) is 2. The zero-order chi connectivity index (χ0) is 11.1. The summed E-state index contributed by atoms with van der Waals surface area (Å²) in [6.45, 7) is 7.79. The third-order valence-corrected chi connectivity index (χ3v) is 2.35. The molecule has 0 spiro atoms. The number of rotatable bonds is 6. The second-order valence-electron chi connectivity index (χ2n) is 3.25. The maximum absolute atomic E-state index is 11.5. The van der Waals surface area contributed by atoms with Gasteiger partial charge in [-0.2, -0.15) is 0 Å².